The third-order valence-electron chi connectivity index (χ3n) is 4.62. The molecule has 0 unspecified atom stereocenters. The number of nitrogens with zero attached hydrogens (tertiary/aromatic N) is 2. The Labute approximate surface area is 156 Å². The predicted octanol–water partition coefficient (Wildman–Crippen LogP) is 3.22. The molecular formula is C19H20N4O2S. The summed E-state index contributed by atoms with van der Waals surface area (Å²) in [6, 6.07) is 9.42. The lowest BCUT2D eigenvalue weighted by atomic mass is 10.1. The molecule has 1 aliphatic carbocycles. The molecule has 0 bridgehead atoms. The van der Waals surface area contributed by atoms with Crippen molar-refractivity contribution in [3.8, 4) is 0 Å². The van der Waals surface area contributed by atoms with Gasteiger partial charge < -0.3 is 15.5 Å². The molecular weight excluding hydrogens is 348 g/mol. The molecule has 26 heavy (non-hydrogen) atoms. The van der Waals surface area contributed by atoms with Gasteiger partial charge >= 0.3 is 0 Å². The SMILES string of the molecule is CSc1ccccc1NC(=O)c1cnc2c(c1)N(CC1CC1)C(=O)CN2. The fraction of sp³-hybridized carbons (Fsp3) is 0.316. The second-order valence-corrected chi connectivity index (χ2v) is 7.40. The number of anilines is 3. The first kappa shape index (κ1) is 16.9. The summed E-state index contributed by atoms with van der Waals surface area (Å²) in [4.78, 5) is 32.1. The van der Waals surface area contributed by atoms with Crippen LogP contribution in [-0.4, -0.2) is 36.1 Å². The monoisotopic (exact) mass is 368 g/mol. The summed E-state index contributed by atoms with van der Waals surface area (Å²) in [7, 11) is 0. The van der Waals surface area contributed by atoms with Gasteiger partial charge in [0.25, 0.3) is 5.91 Å². The Morgan fingerprint density at radius 1 is 1.38 bits per heavy atom. The molecule has 2 amide bonds. The van der Waals surface area contributed by atoms with Crippen LogP contribution in [0.25, 0.3) is 0 Å². The lowest BCUT2D eigenvalue weighted by Crippen LogP contribution is -2.41. The van der Waals surface area contributed by atoms with Gasteiger partial charge in [0, 0.05) is 17.6 Å². The summed E-state index contributed by atoms with van der Waals surface area (Å²) in [6.07, 6.45) is 5.84. The molecule has 7 heteroatoms. The molecule has 2 aliphatic rings. The molecule has 134 valence electrons. The van der Waals surface area contributed by atoms with Crippen LogP contribution in [-0.2, 0) is 4.79 Å². The Morgan fingerprint density at radius 3 is 2.96 bits per heavy atom. The van der Waals surface area contributed by atoms with Crippen molar-refractivity contribution < 1.29 is 9.59 Å². The standard InChI is InChI=1S/C19H20N4O2S/c1-26-16-5-3-2-4-14(16)22-19(25)13-8-15-18(20-9-13)21-10-17(24)23(15)11-12-6-7-12/h2-5,8-9,12H,6-7,10-11H2,1H3,(H,20,21)(H,22,25). The van der Waals surface area contributed by atoms with Crippen molar-refractivity contribution in [3.05, 3.63) is 42.1 Å². The number of aromatic nitrogens is 1. The highest BCUT2D eigenvalue weighted by Gasteiger charge is 2.32. The molecule has 1 fully saturated rings. The second-order valence-electron chi connectivity index (χ2n) is 6.55. The van der Waals surface area contributed by atoms with Crippen LogP contribution in [0.1, 0.15) is 23.2 Å². The average Bonchev–Trinajstić information content (AvgIpc) is 3.48. The van der Waals surface area contributed by atoms with Crippen LogP contribution >= 0.6 is 11.8 Å². The van der Waals surface area contributed by atoms with Gasteiger partial charge in [0.2, 0.25) is 5.91 Å². The molecule has 1 aromatic carbocycles. The number of benzene rings is 1. The first-order chi connectivity index (χ1) is 12.7. The van der Waals surface area contributed by atoms with Gasteiger partial charge in [-0.2, -0.15) is 0 Å². The van der Waals surface area contributed by atoms with Gasteiger partial charge in [-0.3, -0.25) is 9.59 Å². The summed E-state index contributed by atoms with van der Waals surface area (Å²) in [6.45, 7) is 0.953. The van der Waals surface area contributed by atoms with Crippen molar-refractivity contribution in [2.24, 2.45) is 5.92 Å². The van der Waals surface area contributed by atoms with Crippen molar-refractivity contribution >= 4 is 40.8 Å². The van der Waals surface area contributed by atoms with Crippen LogP contribution < -0.4 is 15.5 Å². The largest absolute Gasteiger partial charge is 0.359 e. The fourth-order valence-corrected chi connectivity index (χ4v) is 3.56. The number of para-hydroxylation sites is 1. The zero-order valence-electron chi connectivity index (χ0n) is 14.5. The topological polar surface area (TPSA) is 74.3 Å². The van der Waals surface area contributed by atoms with Crippen molar-refractivity contribution in [2.75, 3.05) is 34.9 Å². The number of pyridine rings is 1. The van der Waals surface area contributed by atoms with E-state index in [4.69, 9.17) is 0 Å². The van der Waals surface area contributed by atoms with Gasteiger partial charge in [-0.25, -0.2) is 4.98 Å². The van der Waals surface area contributed by atoms with Gasteiger partial charge in [0.1, 0.15) is 5.82 Å². The Balaban J connectivity index is 1.60. The molecule has 0 saturated heterocycles. The van der Waals surface area contributed by atoms with Gasteiger partial charge in [-0.15, -0.1) is 11.8 Å². The number of rotatable bonds is 5. The molecule has 6 nitrogen and oxygen atoms in total. The predicted molar refractivity (Wildman–Crippen MR) is 104 cm³/mol. The molecule has 2 aromatic rings. The highest BCUT2D eigenvalue weighted by atomic mass is 32.2. The molecule has 4 rings (SSSR count). The van der Waals surface area contributed by atoms with Crippen LogP contribution in [0, 0.1) is 5.92 Å². The quantitative estimate of drug-likeness (QED) is 0.793. The highest BCUT2D eigenvalue weighted by molar-refractivity contribution is 7.98. The minimum absolute atomic E-state index is 0.0245. The highest BCUT2D eigenvalue weighted by Crippen LogP contribution is 2.35. The zero-order chi connectivity index (χ0) is 18.1. The average molecular weight is 368 g/mol. The minimum atomic E-state index is -0.230. The third kappa shape index (κ3) is 3.39. The van der Waals surface area contributed by atoms with Crippen LogP contribution in [0.5, 0.6) is 0 Å². The Bertz CT molecular complexity index is 866. The van der Waals surface area contributed by atoms with E-state index in [0.29, 0.717) is 29.5 Å². The van der Waals surface area contributed by atoms with E-state index < -0.39 is 0 Å². The number of hydrogen-bond acceptors (Lipinski definition) is 5. The van der Waals surface area contributed by atoms with E-state index in [1.165, 1.54) is 0 Å². The van der Waals surface area contributed by atoms with Crippen LogP contribution in [0.2, 0.25) is 0 Å². The molecule has 2 N–H and O–H groups in total. The summed E-state index contributed by atoms with van der Waals surface area (Å²) in [5.74, 6) is 1.02. The number of nitrogens with one attached hydrogen (secondary N) is 2. The first-order valence-electron chi connectivity index (χ1n) is 8.64. The van der Waals surface area contributed by atoms with E-state index in [1.54, 1.807) is 28.9 Å². The number of fused-ring (bicyclic) bond motifs is 1. The van der Waals surface area contributed by atoms with E-state index >= 15 is 0 Å². The van der Waals surface area contributed by atoms with E-state index in [1.807, 2.05) is 30.5 Å². The molecule has 1 aliphatic heterocycles. The smallest absolute Gasteiger partial charge is 0.257 e. The van der Waals surface area contributed by atoms with E-state index in [-0.39, 0.29) is 18.4 Å². The van der Waals surface area contributed by atoms with Gasteiger partial charge in [0.15, 0.2) is 0 Å². The molecule has 2 heterocycles. The van der Waals surface area contributed by atoms with Crippen LogP contribution in [0.4, 0.5) is 17.2 Å². The number of thioether (sulfide) groups is 1. The van der Waals surface area contributed by atoms with E-state index in [9.17, 15) is 9.59 Å². The Morgan fingerprint density at radius 2 is 2.19 bits per heavy atom. The van der Waals surface area contributed by atoms with Crippen molar-refractivity contribution in [1.82, 2.24) is 4.98 Å². The Hall–Kier alpha value is -2.54. The van der Waals surface area contributed by atoms with E-state index in [0.717, 1.165) is 23.4 Å². The maximum absolute atomic E-state index is 12.7. The van der Waals surface area contributed by atoms with Gasteiger partial charge in [-0.05, 0) is 43.2 Å². The summed E-state index contributed by atoms with van der Waals surface area (Å²) in [5, 5.41) is 5.97. The summed E-state index contributed by atoms with van der Waals surface area (Å²) in [5.41, 5.74) is 1.91. The number of amides is 2. The Kier molecular flexibility index (Phi) is 4.55. The van der Waals surface area contributed by atoms with Gasteiger partial charge in [-0.1, -0.05) is 12.1 Å². The first-order valence-corrected chi connectivity index (χ1v) is 9.87. The number of carbonyl (C=O) groups is 2. The lowest BCUT2D eigenvalue weighted by molar-refractivity contribution is -0.117. The lowest BCUT2D eigenvalue weighted by Gasteiger charge is -2.29. The molecule has 1 aromatic heterocycles. The molecule has 1 saturated carbocycles. The normalized spacial score (nSPS) is 16.0. The van der Waals surface area contributed by atoms with Crippen molar-refractivity contribution in [3.63, 3.8) is 0 Å². The third-order valence-corrected chi connectivity index (χ3v) is 5.42. The van der Waals surface area contributed by atoms with E-state index in [2.05, 4.69) is 15.6 Å². The summed E-state index contributed by atoms with van der Waals surface area (Å²) >= 11 is 1.58. The molecule has 0 atom stereocenters. The number of carbonyl (C=O) groups excluding carboxylic acids is 2. The van der Waals surface area contributed by atoms with Crippen LogP contribution in [0.3, 0.4) is 0 Å². The maximum atomic E-state index is 12.7. The summed E-state index contributed by atoms with van der Waals surface area (Å²) < 4.78 is 0. The second kappa shape index (κ2) is 6.99. The maximum Gasteiger partial charge on any atom is 0.257 e. The van der Waals surface area contributed by atoms with Crippen molar-refractivity contribution in [2.45, 2.75) is 17.7 Å². The minimum Gasteiger partial charge on any atom is -0.359 e. The van der Waals surface area contributed by atoms with Crippen LogP contribution in [0.15, 0.2) is 41.4 Å². The molecule has 0 spiro atoms. The van der Waals surface area contributed by atoms with Crippen molar-refractivity contribution in [1.29, 1.82) is 0 Å². The van der Waals surface area contributed by atoms with Gasteiger partial charge in [0.05, 0.1) is 23.5 Å². The fourth-order valence-electron chi connectivity index (χ4n) is 3.01. The number of hydrogen-bond donors (Lipinski definition) is 2. The zero-order valence-corrected chi connectivity index (χ0v) is 15.3. The molecule has 0 radical (unpaired) electrons.